The predicted molar refractivity (Wildman–Crippen MR) is 82.8 cm³/mol. The summed E-state index contributed by atoms with van der Waals surface area (Å²) in [7, 11) is 1.96. The molecule has 106 valence electrons. The number of nitrogens with zero attached hydrogens (tertiary/aromatic N) is 1. The number of nitrogens with one attached hydrogen (secondary N) is 1. The molecule has 1 aliphatic heterocycles. The Hall–Kier alpha value is -0.130. The fourth-order valence-electron chi connectivity index (χ4n) is 2.65. The number of hydrogen-bond donors (Lipinski definition) is 1. The maximum Gasteiger partial charge on any atom is 0.0896 e. The fraction of sp³-hybridized carbons (Fsp3) is 0.571. The number of halogens is 2. The second-order valence-corrected chi connectivity index (χ2v) is 6.00. The average Bonchev–Trinajstić information content (AvgIpc) is 2.39. The monoisotopic (exact) mass is 346 g/mol. The molecule has 2 unspecified atom stereocenters. The summed E-state index contributed by atoms with van der Waals surface area (Å²) >= 11 is 9.67. The van der Waals surface area contributed by atoms with Crippen molar-refractivity contribution in [2.45, 2.75) is 19.1 Å². The molecule has 1 aromatic carbocycles. The third kappa shape index (κ3) is 3.50. The van der Waals surface area contributed by atoms with Gasteiger partial charge in [-0.05, 0) is 31.3 Å². The minimum atomic E-state index is 0.163. The summed E-state index contributed by atoms with van der Waals surface area (Å²) in [5, 5.41) is 3.97. The smallest absolute Gasteiger partial charge is 0.0896 e. The number of rotatable bonds is 4. The topological polar surface area (TPSA) is 24.5 Å². The second kappa shape index (κ2) is 7.04. The molecular weight excluding hydrogens is 328 g/mol. The first-order valence-corrected chi connectivity index (χ1v) is 7.79. The van der Waals surface area contributed by atoms with E-state index in [0.717, 1.165) is 35.7 Å². The van der Waals surface area contributed by atoms with Crippen LogP contribution in [0.4, 0.5) is 0 Å². The number of morpholine rings is 1. The summed E-state index contributed by atoms with van der Waals surface area (Å²) in [5.74, 6) is 0. The van der Waals surface area contributed by atoms with Crippen LogP contribution in [0.5, 0.6) is 0 Å². The van der Waals surface area contributed by atoms with E-state index in [1.165, 1.54) is 5.56 Å². The molecule has 0 bridgehead atoms. The molecular formula is C14H20BrClN2O. The van der Waals surface area contributed by atoms with E-state index in [0.29, 0.717) is 0 Å². The summed E-state index contributed by atoms with van der Waals surface area (Å²) < 4.78 is 7.00. The molecule has 1 aromatic rings. The molecule has 0 aromatic heterocycles. The van der Waals surface area contributed by atoms with Crippen molar-refractivity contribution in [3.63, 3.8) is 0 Å². The number of hydrogen-bond acceptors (Lipinski definition) is 3. The minimum absolute atomic E-state index is 0.163. The minimum Gasteiger partial charge on any atom is -0.374 e. The van der Waals surface area contributed by atoms with Crippen LogP contribution in [0, 0.1) is 0 Å². The van der Waals surface area contributed by atoms with E-state index in [9.17, 15) is 0 Å². The van der Waals surface area contributed by atoms with Crippen molar-refractivity contribution in [1.29, 1.82) is 0 Å². The van der Waals surface area contributed by atoms with Gasteiger partial charge in [0.15, 0.2) is 0 Å². The Kier molecular flexibility index (Phi) is 5.66. The first kappa shape index (κ1) is 15.3. The van der Waals surface area contributed by atoms with E-state index in [1.807, 2.05) is 19.2 Å². The maximum absolute atomic E-state index is 6.04. The summed E-state index contributed by atoms with van der Waals surface area (Å²) in [6, 6.07) is 6.26. The van der Waals surface area contributed by atoms with E-state index < -0.39 is 0 Å². The molecule has 0 spiro atoms. The van der Waals surface area contributed by atoms with Crippen molar-refractivity contribution in [3.05, 3.63) is 33.3 Å². The highest BCUT2D eigenvalue weighted by atomic mass is 79.9. The van der Waals surface area contributed by atoms with Crippen molar-refractivity contribution in [3.8, 4) is 0 Å². The number of ether oxygens (including phenoxy) is 1. The zero-order chi connectivity index (χ0) is 13.8. The van der Waals surface area contributed by atoms with Crippen LogP contribution in [0.1, 0.15) is 18.5 Å². The molecule has 0 radical (unpaired) electrons. The molecule has 0 amide bonds. The lowest BCUT2D eigenvalue weighted by molar-refractivity contribution is -0.0688. The Labute approximate surface area is 128 Å². The molecule has 5 heteroatoms. The van der Waals surface area contributed by atoms with Gasteiger partial charge < -0.3 is 10.1 Å². The highest BCUT2D eigenvalue weighted by Gasteiger charge is 2.33. The van der Waals surface area contributed by atoms with Crippen molar-refractivity contribution in [2.75, 3.05) is 33.3 Å². The standard InChI is InChI=1S/C14H20BrClN2O/c1-3-18-6-7-19-13(9-17-2)14(18)11-5-4-10(16)8-12(11)15/h4-5,8,13-14,17H,3,6-7,9H2,1-2H3. The summed E-state index contributed by atoms with van der Waals surface area (Å²) in [6.07, 6.45) is 0.163. The average molecular weight is 348 g/mol. The first-order chi connectivity index (χ1) is 9.17. The lowest BCUT2D eigenvalue weighted by Gasteiger charge is -2.41. The van der Waals surface area contributed by atoms with Gasteiger partial charge in [-0.1, -0.05) is 40.5 Å². The molecule has 0 saturated carbocycles. The van der Waals surface area contributed by atoms with Gasteiger partial charge in [0.2, 0.25) is 0 Å². The highest BCUT2D eigenvalue weighted by molar-refractivity contribution is 9.10. The molecule has 0 aliphatic carbocycles. The molecule has 1 N–H and O–H groups in total. The van der Waals surface area contributed by atoms with Gasteiger partial charge in [-0.2, -0.15) is 0 Å². The Balaban J connectivity index is 2.33. The quantitative estimate of drug-likeness (QED) is 0.906. The summed E-state index contributed by atoms with van der Waals surface area (Å²) in [6.45, 7) is 5.82. The molecule has 2 rings (SSSR count). The van der Waals surface area contributed by atoms with E-state index in [-0.39, 0.29) is 12.1 Å². The van der Waals surface area contributed by atoms with Gasteiger partial charge in [-0.3, -0.25) is 4.90 Å². The van der Waals surface area contributed by atoms with Gasteiger partial charge in [-0.25, -0.2) is 0 Å². The summed E-state index contributed by atoms with van der Waals surface area (Å²) in [4.78, 5) is 2.46. The van der Waals surface area contributed by atoms with Gasteiger partial charge in [0.1, 0.15) is 0 Å². The highest BCUT2D eigenvalue weighted by Crippen LogP contribution is 2.35. The van der Waals surface area contributed by atoms with E-state index >= 15 is 0 Å². The normalized spacial score (nSPS) is 24.6. The molecule has 1 heterocycles. The van der Waals surface area contributed by atoms with E-state index in [2.05, 4.69) is 39.1 Å². The van der Waals surface area contributed by atoms with Crippen LogP contribution in [0.25, 0.3) is 0 Å². The van der Waals surface area contributed by atoms with Gasteiger partial charge in [-0.15, -0.1) is 0 Å². The van der Waals surface area contributed by atoms with Crippen molar-refractivity contribution < 1.29 is 4.74 Å². The number of likely N-dealkylation sites (N-methyl/N-ethyl adjacent to an activating group) is 2. The Morgan fingerprint density at radius 3 is 2.95 bits per heavy atom. The molecule has 3 nitrogen and oxygen atoms in total. The Morgan fingerprint density at radius 1 is 1.53 bits per heavy atom. The van der Waals surface area contributed by atoms with E-state index in [4.69, 9.17) is 16.3 Å². The second-order valence-electron chi connectivity index (χ2n) is 4.71. The number of benzene rings is 1. The van der Waals surface area contributed by atoms with Crippen LogP contribution in [-0.4, -0.2) is 44.3 Å². The van der Waals surface area contributed by atoms with Crippen LogP contribution in [-0.2, 0) is 4.74 Å². The van der Waals surface area contributed by atoms with Crippen LogP contribution in [0.2, 0.25) is 5.02 Å². The maximum atomic E-state index is 6.04. The lowest BCUT2D eigenvalue weighted by atomic mass is 9.98. The van der Waals surface area contributed by atoms with Gasteiger partial charge in [0, 0.05) is 22.6 Å². The zero-order valence-electron chi connectivity index (χ0n) is 11.3. The Morgan fingerprint density at radius 2 is 2.32 bits per heavy atom. The predicted octanol–water partition coefficient (Wildman–Crippen LogP) is 3.08. The third-order valence-corrected chi connectivity index (χ3v) is 4.47. The van der Waals surface area contributed by atoms with Crippen LogP contribution < -0.4 is 5.32 Å². The molecule has 19 heavy (non-hydrogen) atoms. The van der Waals surface area contributed by atoms with Gasteiger partial charge >= 0.3 is 0 Å². The fourth-order valence-corrected chi connectivity index (χ4v) is 3.57. The van der Waals surface area contributed by atoms with E-state index in [1.54, 1.807) is 0 Å². The first-order valence-electron chi connectivity index (χ1n) is 6.62. The lowest BCUT2D eigenvalue weighted by Crippen LogP contribution is -2.48. The molecule has 2 atom stereocenters. The van der Waals surface area contributed by atoms with Crippen LogP contribution in [0.3, 0.4) is 0 Å². The zero-order valence-corrected chi connectivity index (χ0v) is 13.7. The largest absolute Gasteiger partial charge is 0.374 e. The molecule has 1 aliphatic rings. The van der Waals surface area contributed by atoms with Gasteiger partial charge in [0.05, 0.1) is 18.8 Å². The van der Waals surface area contributed by atoms with Crippen molar-refractivity contribution in [1.82, 2.24) is 10.2 Å². The SMILES string of the molecule is CCN1CCOC(CNC)C1c1ccc(Cl)cc1Br. The Bertz CT molecular complexity index is 428. The van der Waals surface area contributed by atoms with Crippen LogP contribution in [0.15, 0.2) is 22.7 Å². The molecule has 1 fully saturated rings. The third-order valence-electron chi connectivity index (χ3n) is 3.55. The van der Waals surface area contributed by atoms with Crippen LogP contribution >= 0.6 is 27.5 Å². The van der Waals surface area contributed by atoms with Gasteiger partial charge in [0.25, 0.3) is 0 Å². The summed E-state index contributed by atoms with van der Waals surface area (Å²) in [5.41, 5.74) is 1.24. The molecule has 1 saturated heterocycles. The van der Waals surface area contributed by atoms with Crippen molar-refractivity contribution in [2.24, 2.45) is 0 Å². The van der Waals surface area contributed by atoms with Crippen molar-refractivity contribution >= 4 is 27.5 Å².